The largest absolute Gasteiger partial charge is 0.461 e. The first-order valence-electron chi connectivity index (χ1n) is 15.3. The second-order valence-electron chi connectivity index (χ2n) is 10.8. The third-order valence-electron chi connectivity index (χ3n) is 7.95. The molecule has 7 nitrogen and oxygen atoms in total. The Balaban J connectivity index is 1.08. The lowest BCUT2D eigenvalue weighted by Gasteiger charge is -2.22. The van der Waals surface area contributed by atoms with Gasteiger partial charge in [-0.1, -0.05) is 109 Å². The van der Waals surface area contributed by atoms with E-state index < -0.39 is 17.9 Å². The number of hydrogen-bond donors (Lipinski definition) is 0. The van der Waals surface area contributed by atoms with Crippen LogP contribution in [0.15, 0.2) is 127 Å². The van der Waals surface area contributed by atoms with Gasteiger partial charge in [0, 0.05) is 19.6 Å². The molecular formula is C39H33NO6. The van der Waals surface area contributed by atoms with Crippen LogP contribution in [0.1, 0.15) is 31.1 Å². The minimum atomic E-state index is -0.415. The lowest BCUT2D eigenvalue weighted by atomic mass is 10.1. The second kappa shape index (κ2) is 14.5. The molecular weight excluding hydrogens is 578 g/mol. The van der Waals surface area contributed by atoms with E-state index in [-0.39, 0.29) is 19.8 Å². The van der Waals surface area contributed by atoms with Crippen molar-refractivity contribution in [1.82, 2.24) is 4.90 Å². The molecule has 6 rings (SSSR count). The van der Waals surface area contributed by atoms with Gasteiger partial charge in [0.1, 0.15) is 19.8 Å². The normalized spacial score (nSPS) is 11.2. The van der Waals surface area contributed by atoms with Gasteiger partial charge in [0.05, 0.1) is 16.7 Å². The zero-order chi connectivity index (χ0) is 31.7. The van der Waals surface area contributed by atoms with Crippen molar-refractivity contribution in [2.45, 2.75) is 0 Å². The number of esters is 3. The highest BCUT2D eigenvalue weighted by Crippen LogP contribution is 2.21. The zero-order valence-electron chi connectivity index (χ0n) is 25.3. The van der Waals surface area contributed by atoms with Crippen LogP contribution in [0, 0.1) is 0 Å². The van der Waals surface area contributed by atoms with Gasteiger partial charge < -0.3 is 14.2 Å². The van der Waals surface area contributed by atoms with Crippen molar-refractivity contribution in [2.75, 3.05) is 39.5 Å². The first-order chi connectivity index (χ1) is 22.6. The molecule has 6 aromatic carbocycles. The second-order valence-corrected chi connectivity index (χ2v) is 10.8. The van der Waals surface area contributed by atoms with Crippen LogP contribution in [-0.2, 0) is 14.2 Å². The quantitative estimate of drug-likeness (QED) is 0.106. The molecule has 0 aliphatic carbocycles. The highest BCUT2D eigenvalue weighted by molar-refractivity contribution is 6.06. The molecule has 0 unspecified atom stereocenters. The molecule has 0 aliphatic heterocycles. The average Bonchev–Trinajstić information content (AvgIpc) is 3.10. The van der Waals surface area contributed by atoms with Gasteiger partial charge in [-0.25, -0.2) is 14.4 Å². The summed E-state index contributed by atoms with van der Waals surface area (Å²) in [7, 11) is 0. The molecule has 0 radical (unpaired) electrons. The van der Waals surface area contributed by atoms with E-state index in [9.17, 15) is 14.4 Å². The van der Waals surface area contributed by atoms with Crippen molar-refractivity contribution >= 4 is 50.2 Å². The van der Waals surface area contributed by atoms with E-state index in [2.05, 4.69) is 0 Å². The van der Waals surface area contributed by atoms with E-state index in [4.69, 9.17) is 14.2 Å². The topological polar surface area (TPSA) is 82.1 Å². The lowest BCUT2D eigenvalue weighted by Crippen LogP contribution is -2.35. The Morgan fingerprint density at radius 1 is 0.391 bits per heavy atom. The van der Waals surface area contributed by atoms with Crippen molar-refractivity contribution < 1.29 is 28.6 Å². The fourth-order valence-electron chi connectivity index (χ4n) is 5.58. The van der Waals surface area contributed by atoms with Gasteiger partial charge in [0.2, 0.25) is 0 Å². The number of rotatable bonds is 12. The van der Waals surface area contributed by atoms with Crippen molar-refractivity contribution in [3.05, 3.63) is 144 Å². The van der Waals surface area contributed by atoms with Gasteiger partial charge in [0.25, 0.3) is 0 Å². The molecule has 7 heteroatoms. The number of fused-ring (bicyclic) bond motifs is 3. The van der Waals surface area contributed by atoms with Gasteiger partial charge in [-0.2, -0.15) is 0 Å². The third-order valence-corrected chi connectivity index (χ3v) is 7.95. The highest BCUT2D eigenvalue weighted by atomic mass is 16.5. The first kappa shape index (κ1) is 30.5. The average molecular weight is 612 g/mol. The summed E-state index contributed by atoms with van der Waals surface area (Å²) >= 11 is 0. The Bertz CT molecular complexity index is 1770. The summed E-state index contributed by atoms with van der Waals surface area (Å²) < 4.78 is 17.0. The van der Waals surface area contributed by atoms with Crippen molar-refractivity contribution in [1.29, 1.82) is 0 Å². The fraction of sp³-hybridized carbons (Fsp3) is 0.154. The molecule has 0 aromatic heterocycles. The Kier molecular flexibility index (Phi) is 9.61. The zero-order valence-corrected chi connectivity index (χ0v) is 25.3. The Morgan fingerprint density at radius 3 is 1.00 bits per heavy atom. The van der Waals surface area contributed by atoms with Crippen molar-refractivity contribution in [2.24, 2.45) is 0 Å². The molecule has 46 heavy (non-hydrogen) atoms. The molecule has 0 atom stereocenters. The summed E-state index contributed by atoms with van der Waals surface area (Å²) in [5, 5.41) is 5.35. The van der Waals surface area contributed by atoms with E-state index >= 15 is 0 Å². The Hall–Kier alpha value is -5.53. The summed E-state index contributed by atoms with van der Waals surface area (Å²) in [4.78, 5) is 40.9. The molecule has 0 amide bonds. The van der Waals surface area contributed by atoms with E-state index in [1.54, 1.807) is 18.2 Å². The maximum atomic E-state index is 13.0. The molecule has 0 aliphatic rings. The summed E-state index contributed by atoms with van der Waals surface area (Å²) in [5.41, 5.74) is 1.49. The van der Waals surface area contributed by atoms with Crippen molar-refractivity contribution in [3.8, 4) is 0 Å². The van der Waals surface area contributed by atoms with Gasteiger partial charge in [-0.3, -0.25) is 4.90 Å². The van der Waals surface area contributed by atoms with Gasteiger partial charge >= 0.3 is 17.9 Å². The summed E-state index contributed by atoms with van der Waals surface area (Å²) in [6, 6.07) is 39.6. The molecule has 6 aromatic rings. The summed E-state index contributed by atoms with van der Waals surface area (Å²) in [6.07, 6.45) is 0. The third kappa shape index (κ3) is 7.06. The van der Waals surface area contributed by atoms with Crippen LogP contribution in [-0.4, -0.2) is 62.3 Å². The maximum absolute atomic E-state index is 13.0. The minimum absolute atomic E-state index is 0.108. The Labute approximate surface area is 266 Å². The van der Waals surface area contributed by atoms with Crippen LogP contribution in [0.5, 0.6) is 0 Å². The number of carbonyl (C=O) groups excluding carboxylic acids is 3. The number of carbonyl (C=O) groups is 3. The first-order valence-corrected chi connectivity index (χ1v) is 15.3. The van der Waals surface area contributed by atoms with E-state index in [0.29, 0.717) is 36.3 Å². The van der Waals surface area contributed by atoms with Crippen LogP contribution in [0.2, 0.25) is 0 Å². The minimum Gasteiger partial charge on any atom is -0.461 e. The fourth-order valence-corrected chi connectivity index (χ4v) is 5.58. The molecule has 0 saturated carbocycles. The number of benzene rings is 6. The van der Waals surface area contributed by atoms with Gasteiger partial charge in [0.15, 0.2) is 0 Å². The lowest BCUT2D eigenvalue weighted by molar-refractivity contribution is 0.0334. The highest BCUT2D eigenvalue weighted by Gasteiger charge is 2.16. The van der Waals surface area contributed by atoms with Crippen LogP contribution < -0.4 is 0 Å². The predicted octanol–water partition coefficient (Wildman–Crippen LogP) is 7.32. The smallest absolute Gasteiger partial charge is 0.338 e. The van der Waals surface area contributed by atoms with E-state index in [1.807, 2.05) is 114 Å². The molecule has 230 valence electrons. The molecule has 0 spiro atoms. The summed E-state index contributed by atoms with van der Waals surface area (Å²) in [5.74, 6) is -1.25. The molecule has 0 fully saturated rings. The standard InChI is InChI=1S/C39H33NO6/c41-37(34-19-7-13-28-10-1-4-16-31(28)34)44-25-22-40(23-26-45-38(42)35-20-8-14-29-11-2-5-17-32(29)35)24-27-46-39(43)36-21-9-15-30-12-3-6-18-33(30)36/h1-21H,22-27H2. The summed E-state index contributed by atoms with van der Waals surface area (Å²) in [6.45, 7) is 1.39. The maximum Gasteiger partial charge on any atom is 0.338 e. The van der Waals surface area contributed by atoms with Crippen LogP contribution >= 0.6 is 0 Å². The van der Waals surface area contributed by atoms with Gasteiger partial charge in [-0.05, 0) is 50.5 Å². The van der Waals surface area contributed by atoms with Crippen LogP contribution in [0.4, 0.5) is 0 Å². The molecule has 0 heterocycles. The van der Waals surface area contributed by atoms with E-state index in [0.717, 1.165) is 32.3 Å². The number of ether oxygens (including phenoxy) is 3. The number of nitrogens with zero attached hydrogens (tertiary/aromatic N) is 1. The monoisotopic (exact) mass is 611 g/mol. The molecule has 0 bridgehead atoms. The van der Waals surface area contributed by atoms with Crippen LogP contribution in [0.3, 0.4) is 0 Å². The van der Waals surface area contributed by atoms with Crippen molar-refractivity contribution in [3.63, 3.8) is 0 Å². The molecule has 0 saturated heterocycles. The molecule has 0 N–H and O–H groups in total. The Morgan fingerprint density at radius 2 is 0.674 bits per heavy atom. The SMILES string of the molecule is O=C(OCCN(CCOC(=O)c1cccc2ccccc12)CCOC(=O)c1cccc2ccccc12)c1cccc2ccccc12. The van der Waals surface area contributed by atoms with Crippen LogP contribution in [0.25, 0.3) is 32.3 Å². The predicted molar refractivity (Wildman–Crippen MR) is 179 cm³/mol. The van der Waals surface area contributed by atoms with Gasteiger partial charge in [-0.15, -0.1) is 0 Å². The number of hydrogen-bond acceptors (Lipinski definition) is 7. The van der Waals surface area contributed by atoms with E-state index in [1.165, 1.54) is 0 Å².